The van der Waals surface area contributed by atoms with Crippen LogP contribution in [0.25, 0.3) is 11.0 Å². The Bertz CT molecular complexity index is 993. The molecule has 0 amide bonds. The van der Waals surface area contributed by atoms with Crippen molar-refractivity contribution in [2.45, 2.75) is 25.4 Å². The van der Waals surface area contributed by atoms with Crippen molar-refractivity contribution in [3.63, 3.8) is 0 Å². The molecule has 2 aromatic rings. The van der Waals surface area contributed by atoms with Crippen LogP contribution < -0.4 is 10.2 Å². The van der Waals surface area contributed by atoms with E-state index in [1.807, 2.05) is 0 Å². The maximum absolute atomic E-state index is 5.48. The van der Waals surface area contributed by atoms with Gasteiger partial charge in [0, 0.05) is 32.1 Å². The molecule has 0 unspecified atom stereocenters. The van der Waals surface area contributed by atoms with Gasteiger partial charge in [0.15, 0.2) is 0 Å². The molecule has 4 aliphatic rings. The molecule has 1 aromatic carbocycles. The van der Waals surface area contributed by atoms with Gasteiger partial charge in [-0.25, -0.2) is 9.98 Å². The number of nitrogens with one attached hydrogen (secondary N) is 1. The molecule has 31 heavy (non-hydrogen) atoms. The normalized spacial score (nSPS) is 27.0. The van der Waals surface area contributed by atoms with Crippen molar-refractivity contribution in [1.82, 2.24) is 24.7 Å². The van der Waals surface area contributed by atoms with E-state index in [1.165, 1.54) is 11.9 Å². The summed E-state index contributed by atoms with van der Waals surface area (Å²) in [7, 11) is 0. The Morgan fingerprint density at radius 2 is 1.94 bits per heavy atom. The van der Waals surface area contributed by atoms with Crippen LogP contribution in [0, 0.1) is 5.92 Å². The summed E-state index contributed by atoms with van der Waals surface area (Å²) in [6.07, 6.45) is 8.28. The molecule has 0 spiro atoms. The summed E-state index contributed by atoms with van der Waals surface area (Å²) in [6.45, 7) is 7.37. The molecular weight excluding hydrogens is 390 g/mol. The topological polar surface area (TPSA) is 61.2 Å². The van der Waals surface area contributed by atoms with E-state index in [9.17, 15) is 0 Å². The van der Waals surface area contributed by atoms with E-state index in [-0.39, 0.29) is 6.17 Å². The van der Waals surface area contributed by atoms with Gasteiger partial charge in [-0.05, 0) is 31.4 Å². The average Bonchev–Trinajstić information content (AvgIpc) is 3.23. The van der Waals surface area contributed by atoms with Gasteiger partial charge in [0.25, 0.3) is 0 Å². The summed E-state index contributed by atoms with van der Waals surface area (Å²) in [4.78, 5) is 17.2. The zero-order chi connectivity index (χ0) is 20.6. The summed E-state index contributed by atoms with van der Waals surface area (Å²) in [5.41, 5.74) is 2.26. The fourth-order valence-corrected chi connectivity index (χ4v) is 5.22. The zero-order valence-electron chi connectivity index (χ0n) is 18.0. The van der Waals surface area contributed by atoms with Crippen LogP contribution in [0.5, 0.6) is 0 Å². The number of nitrogens with zero attached hydrogens (tertiary/aromatic N) is 6. The number of rotatable bonds is 4. The highest BCUT2D eigenvalue weighted by molar-refractivity contribution is 5.98. The number of hydrogen-bond donors (Lipinski definition) is 1. The summed E-state index contributed by atoms with van der Waals surface area (Å²) in [5, 5.41) is 3.80. The molecule has 1 aromatic heterocycles. The van der Waals surface area contributed by atoms with Crippen LogP contribution >= 0.6 is 0 Å². The molecule has 1 N–H and O–H groups in total. The lowest BCUT2D eigenvalue weighted by Crippen LogP contribution is -2.59. The van der Waals surface area contributed by atoms with Crippen molar-refractivity contribution < 1.29 is 4.74 Å². The second-order valence-corrected chi connectivity index (χ2v) is 8.95. The Hall–Kier alpha value is -2.42. The van der Waals surface area contributed by atoms with Gasteiger partial charge in [-0.2, -0.15) is 0 Å². The van der Waals surface area contributed by atoms with Gasteiger partial charge >= 0.3 is 0 Å². The predicted octanol–water partition coefficient (Wildman–Crippen LogP) is 2.22. The minimum Gasteiger partial charge on any atom is -0.379 e. The van der Waals surface area contributed by atoms with Crippen molar-refractivity contribution in [2.75, 3.05) is 57.6 Å². The minimum absolute atomic E-state index is 0.197. The molecule has 1 aliphatic carbocycles. The van der Waals surface area contributed by atoms with Crippen LogP contribution in [-0.2, 0) is 4.74 Å². The van der Waals surface area contributed by atoms with Crippen LogP contribution in [0.3, 0.4) is 0 Å². The van der Waals surface area contributed by atoms with Crippen molar-refractivity contribution in [3.8, 4) is 0 Å². The maximum Gasteiger partial charge on any atom is 0.216 e. The number of morpholine rings is 1. The lowest BCUT2D eigenvalue weighted by atomic mass is 9.91. The summed E-state index contributed by atoms with van der Waals surface area (Å²) < 4.78 is 7.90. The number of aromatic nitrogens is 2. The molecule has 164 valence electrons. The van der Waals surface area contributed by atoms with Crippen molar-refractivity contribution in [3.05, 3.63) is 36.4 Å². The van der Waals surface area contributed by atoms with Crippen LogP contribution in [0.1, 0.15) is 25.4 Å². The van der Waals surface area contributed by atoms with Gasteiger partial charge < -0.3 is 10.1 Å². The first kappa shape index (κ1) is 19.3. The number of ether oxygens (including phenoxy) is 1. The monoisotopic (exact) mass is 421 g/mol. The predicted molar refractivity (Wildman–Crippen MR) is 122 cm³/mol. The first-order valence-electron chi connectivity index (χ1n) is 11.6. The second kappa shape index (κ2) is 8.26. The number of hydrogen-bond acceptors (Lipinski definition) is 7. The van der Waals surface area contributed by atoms with Gasteiger partial charge in [0.1, 0.15) is 6.17 Å². The Balaban J connectivity index is 1.28. The summed E-state index contributed by atoms with van der Waals surface area (Å²) >= 11 is 0. The van der Waals surface area contributed by atoms with Crippen LogP contribution in [0.15, 0.2) is 41.4 Å². The van der Waals surface area contributed by atoms with Gasteiger partial charge in [0.2, 0.25) is 11.9 Å². The fourth-order valence-electron chi connectivity index (χ4n) is 5.22. The minimum atomic E-state index is 0.197. The molecule has 0 radical (unpaired) electrons. The number of fused-ring (bicyclic) bond motifs is 5. The van der Waals surface area contributed by atoms with Crippen molar-refractivity contribution in [1.29, 1.82) is 0 Å². The highest BCUT2D eigenvalue weighted by atomic mass is 16.5. The van der Waals surface area contributed by atoms with Crippen molar-refractivity contribution >= 4 is 22.9 Å². The third kappa shape index (κ3) is 3.62. The van der Waals surface area contributed by atoms with Crippen LogP contribution in [0.4, 0.5) is 5.95 Å². The molecule has 0 saturated carbocycles. The van der Waals surface area contributed by atoms with Gasteiger partial charge in [-0.15, -0.1) is 0 Å². The first-order chi connectivity index (χ1) is 15.4. The van der Waals surface area contributed by atoms with E-state index < -0.39 is 0 Å². The first-order valence-corrected chi connectivity index (χ1v) is 11.6. The molecule has 1 saturated heterocycles. The number of benzene rings is 1. The van der Waals surface area contributed by atoms with Gasteiger partial charge in [0.05, 0.1) is 37.6 Å². The van der Waals surface area contributed by atoms with Crippen LogP contribution in [0.2, 0.25) is 0 Å². The summed E-state index contributed by atoms with van der Waals surface area (Å²) in [6, 6.07) is 8.51. The molecule has 3 aliphatic heterocycles. The molecule has 4 heterocycles. The largest absolute Gasteiger partial charge is 0.379 e. The van der Waals surface area contributed by atoms with Gasteiger partial charge in [-0.3, -0.25) is 19.3 Å². The molecule has 1 fully saturated rings. The number of para-hydroxylation sites is 2. The van der Waals surface area contributed by atoms with Crippen LogP contribution in [-0.4, -0.2) is 78.0 Å². The Kier molecular flexibility index (Phi) is 5.13. The lowest BCUT2D eigenvalue weighted by Gasteiger charge is -2.44. The van der Waals surface area contributed by atoms with Gasteiger partial charge in [-0.1, -0.05) is 24.3 Å². The Labute approximate surface area is 183 Å². The molecule has 6 rings (SSSR count). The van der Waals surface area contributed by atoms with E-state index in [2.05, 4.69) is 61.0 Å². The highest BCUT2D eigenvalue weighted by Crippen LogP contribution is 2.37. The molecular formula is C23H31N7O. The van der Waals surface area contributed by atoms with E-state index in [1.54, 1.807) is 0 Å². The maximum atomic E-state index is 5.48. The standard InChI is InChI=1S/C23H31N7O/c1-2-6-18(7-3-1)21-26-22-24-16-28(11-10-27-12-14-31-15-13-27)17-29(22)23-25-19-8-4-5-9-20(19)30(21)23/h1-2,4-5,8-9,18,21H,3,6-7,10-17H2,(H,24,26)/t18-,21+/m1/s1. The number of allylic oxidation sites excluding steroid dienone is 2. The zero-order valence-corrected chi connectivity index (χ0v) is 18.0. The number of aliphatic imine (C=N–C) groups is 1. The Morgan fingerprint density at radius 1 is 1.06 bits per heavy atom. The third-order valence-electron chi connectivity index (χ3n) is 6.98. The number of anilines is 1. The molecule has 2 atom stereocenters. The van der Waals surface area contributed by atoms with Crippen molar-refractivity contribution in [2.24, 2.45) is 10.9 Å². The SMILES string of the molecule is C1=CC[C@@H]([C@H]2NC3=NCN(CCN4CCOCC4)CN3c3nc4ccccc4n32)CC1. The second-order valence-electron chi connectivity index (χ2n) is 8.95. The fraction of sp³-hybridized carbons (Fsp3) is 0.565. The van der Waals surface area contributed by atoms with E-state index >= 15 is 0 Å². The van der Waals surface area contributed by atoms with E-state index in [0.29, 0.717) is 5.92 Å². The average molecular weight is 422 g/mol. The lowest BCUT2D eigenvalue weighted by molar-refractivity contribution is 0.0333. The van der Waals surface area contributed by atoms with E-state index in [4.69, 9.17) is 14.7 Å². The third-order valence-corrected chi connectivity index (χ3v) is 6.98. The Morgan fingerprint density at radius 3 is 2.81 bits per heavy atom. The molecule has 8 heteroatoms. The molecule has 0 bridgehead atoms. The smallest absolute Gasteiger partial charge is 0.216 e. The quantitative estimate of drug-likeness (QED) is 0.764. The number of imidazole rings is 1. The molecule has 8 nitrogen and oxygen atoms in total. The summed E-state index contributed by atoms with van der Waals surface area (Å²) in [5.74, 6) is 2.55. The number of guanidine groups is 1. The highest BCUT2D eigenvalue weighted by Gasteiger charge is 2.38. The van der Waals surface area contributed by atoms with E-state index in [0.717, 1.165) is 83.0 Å².